The first-order chi connectivity index (χ1) is 13.9. The fraction of sp³-hybridized carbons (Fsp3) is 0.286. The average molecular weight is 395 g/mol. The highest BCUT2D eigenvalue weighted by molar-refractivity contribution is 5.96. The van der Waals surface area contributed by atoms with Gasteiger partial charge in [-0.15, -0.1) is 0 Å². The van der Waals surface area contributed by atoms with Crippen molar-refractivity contribution in [3.05, 3.63) is 59.2 Å². The normalized spacial score (nSPS) is 19.9. The lowest BCUT2D eigenvalue weighted by Gasteiger charge is -2.19. The topological polar surface area (TPSA) is 128 Å². The monoisotopic (exact) mass is 395 g/mol. The molecule has 0 bridgehead atoms. The number of carboxylic acids is 1. The summed E-state index contributed by atoms with van der Waals surface area (Å²) < 4.78 is 0. The summed E-state index contributed by atoms with van der Waals surface area (Å²) in [6.07, 6.45) is 2.14. The third kappa shape index (κ3) is 4.01. The zero-order chi connectivity index (χ0) is 20.5. The van der Waals surface area contributed by atoms with Crippen molar-refractivity contribution >= 4 is 23.6 Å². The van der Waals surface area contributed by atoms with Crippen LogP contribution in [0.1, 0.15) is 40.4 Å². The van der Waals surface area contributed by atoms with E-state index in [2.05, 4.69) is 16.0 Å². The number of phenolic OH excluding ortho intramolecular Hbond substituents is 1. The summed E-state index contributed by atoms with van der Waals surface area (Å²) in [4.78, 5) is 36.1. The van der Waals surface area contributed by atoms with Gasteiger partial charge in [-0.25, -0.2) is 4.79 Å². The third-order valence-electron chi connectivity index (χ3n) is 5.27. The molecule has 3 amide bonds. The molecule has 2 aliphatic carbocycles. The van der Waals surface area contributed by atoms with Gasteiger partial charge in [-0.2, -0.15) is 0 Å². The van der Waals surface area contributed by atoms with Gasteiger partial charge in [0.2, 0.25) is 0 Å². The molecule has 2 aromatic rings. The predicted molar refractivity (Wildman–Crippen MR) is 105 cm³/mol. The number of nitrogens with one attached hydrogen (secondary N) is 3. The minimum absolute atomic E-state index is 0.0328. The van der Waals surface area contributed by atoms with Crippen LogP contribution in [0, 0.1) is 5.92 Å². The standard InChI is InChI=1S/C21H21N3O5/c25-17-3-1-2-14-15(17)10-16(20(27)28)18(14)24-19(26)11-4-6-12(7-5-11)22-21(29)23-13-8-9-13/h1-7,13,16,18,25H,8-10H2,(H,24,26)(H,27,28)(H2,22,23,29)/t16-,18+/m0/s1. The number of hydrogen-bond acceptors (Lipinski definition) is 4. The van der Waals surface area contributed by atoms with E-state index in [-0.39, 0.29) is 24.2 Å². The van der Waals surface area contributed by atoms with Crippen molar-refractivity contribution in [1.29, 1.82) is 0 Å². The Bertz CT molecular complexity index is 969. The Morgan fingerprint density at radius 2 is 1.69 bits per heavy atom. The van der Waals surface area contributed by atoms with Gasteiger partial charge in [0.15, 0.2) is 0 Å². The van der Waals surface area contributed by atoms with Crippen LogP contribution in [0.3, 0.4) is 0 Å². The lowest BCUT2D eigenvalue weighted by molar-refractivity contribution is -0.142. The molecule has 0 spiro atoms. The molecule has 0 heterocycles. The van der Waals surface area contributed by atoms with E-state index in [1.807, 2.05) is 0 Å². The number of anilines is 1. The molecular weight excluding hydrogens is 374 g/mol. The minimum Gasteiger partial charge on any atom is -0.508 e. The Balaban J connectivity index is 1.46. The van der Waals surface area contributed by atoms with Crippen LogP contribution in [-0.4, -0.2) is 34.2 Å². The Morgan fingerprint density at radius 3 is 2.34 bits per heavy atom. The van der Waals surface area contributed by atoms with E-state index in [1.165, 1.54) is 6.07 Å². The summed E-state index contributed by atoms with van der Waals surface area (Å²) in [7, 11) is 0. The van der Waals surface area contributed by atoms with Gasteiger partial charge < -0.3 is 26.2 Å². The van der Waals surface area contributed by atoms with Crippen molar-refractivity contribution in [2.45, 2.75) is 31.3 Å². The Labute approximate surface area is 166 Å². The number of aromatic hydroxyl groups is 1. The van der Waals surface area contributed by atoms with Crippen LogP contribution in [0.4, 0.5) is 10.5 Å². The molecule has 1 fully saturated rings. The molecule has 2 aliphatic rings. The fourth-order valence-corrected chi connectivity index (χ4v) is 3.58. The number of rotatable bonds is 5. The lowest BCUT2D eigenvalue weighted by Crippen LogP contribution is -2.34. The van der Waals surface area contributed by atoms with Crippen molar-refractivity contribution in [2.75, 3.05) is 5.32 Å². The van der Waals surface area contributed by atoms with E-state index in [0.717, 1.165) is 12.8 Å². The molecule has 0 unspecified atom stereocenters. The summed E-state index contributed by atoms with van der Waals surface area (Å²) in [5.41, 5.74) is 2.06. The van der Waals surface area contributed by atoms with E-state index in [0.29, 0.717) is 22.4 Å². The van der Waals surface area contributed by atoms with Crippen molar-refractivity contribution in [3.63, 3.8) is 0 Å². The Morgan fingerprint density at radius 1 is 0.966 bits per heavy atom. The number of amides is 3. The highest BCUT2D eigenvalue weighted by Gasteiger charge is 2.39. The molecule has 1 saturated carbocycles. The number of hydrogen-bond donors (Lipinski definition) is 5. The first-order valence-electron chi connectivity index (χ1n) is 9.44. The van der Waals surface area contributed by atoms with Crippen molar-refractivity contribution < 1.29 is 24.6 Å². The fourth-order valence-electron chi connectivity index (χ4n) is 3.58. The highest BCUT2D eigenvalue weighted by atomic mass is 16.4. The predicted octanol–water partition coefficient (Wildman–Crippen LogP) is 2.40. The van der Waals surface area contributed by atoms with Crippen molar-refractivity contribution in [2.24, 2.45) is 5.92 Å². The number of carbonyl (C=O) groups is 3. The molecule has 8 heteroatoms. The van der Waals surface area contributed by atoms with Crippen molar-refractivity contribution in [1.82, 2.24) is 10.6 Å². The Hall–Kier alpha value is -3.55. The molecule has 4 rings (SSSR count). The third-order valence-corrected chi connectivity index (χ3v) is 5.27. The molecule has 150 valence electrons. The smallest absolute Gasteiger partial charge is 0.319 e. The van der Waals surface area contributed by atoms with Crippen LogP contribution in [-0.2, 0) is 11.2 Å². The van der Waals surface area contributed by atoms with Gasteiger partial charge in [0.25, 0.3) is 5.91 Å². The summed E-state index contributed by atoms with van der Waals surface area (Å²) >= 11 is 0. The van der Waals surface area contributed by atoms with Crippen LogP contribution in [0.2, 0.25) is 0 Å². The second kappa shape index (κ2) is 7.46. The summed E-state index contributed by atoms with van der Waals surface area (Å²) in [6.45, 7) is 0. The second-order valence-corrected chi connectivity index (χ2v) is 7.39. The summed E-state index contributed by atoms with van der Waals surface area (Å²) in [5.74, 6) is -2.28. The number of urea groups is 1. The van der Waals surface area contributed by atoms with Crippen molar-refractivity contribution in [3.8, 4) is 5.75 Å². The van der Waals surface area contributed by atoms with E-state index in [4.69, 9.17) is 0 Å². The Kier molecular flexibility index (Phi) is 4.84. The molecule has 2 aromatic carbocycles. The first-order valence-corrected chi connectivity index (χ1v) is 9.44. The average Bonchev–Trinajstić information content (AvgIpc) is 3.41. The molecule has 0 saturated heterocycles. The highest BCUT2D eigenvalue weighted by Crippen LogP contribution is 2.40. The number of phenols is 1. The zero-order valence-corrected chi connectivity index (χ0v) is 15.5. The molecule has 8 nitrogen and oxygen atoms in total. The van der Waals surface area contributed by atoms with E-state index < -0.39 is 23.8 Å². The van der Waals surface area contributed by atoms with Gasteiger partial charge in [-0.3, -0.25) is 9.59 Å². The van der Waals surface area contributed by atoms with Gasteiger partial charge in [0.05, 0.1) is 12.0 Å². The van der Waals surface area contributed by atoms with Gasteiger partial charge >= 0.3 is 12.0 Å². The molecule has 5 N–H and O–H groups in total. The van der Waals surface area contributed by atoms with Gasteiger partial charge in [-0.1, -0.05) is 12.1 Å². The summed E-state index contributed by atoms with van der Waals surface area (Å²) in [5, 5.41) is 27.8. The lowest BCUT2D eigenvalue weighted by atomic mass is 10.00. The molecule has 0 radical (unpaired) electrons. The molecular formula is C21H21N3O5. The van der Waals surface area contributed by atoms with Gasteiger partial charge in [0.1, 0.15) is 5.75 Å². The number of aliphatic carboxylic acids is 1. The SMILES string of the molecule is O=C(Nc1ccc(C(=O)N[C@@H]2c3cccc(O)c3C[C@@H]2C(=O)O)cc1)NC1CC1. The quantitative estimate of drug-likeness (QED) is 0.531. The van der Waals surface area contributed by atoms with E-state index in [1.54, 1.807) is 36.4 Å². The van der Waals surface area contributed by atoms with E-state index >= 15 is 0 Å². The molecule has 0 aromatic heterocycles. The van der Waals surface area contributed by atoms with Gasteiger partial charge in [-0.05, 0) is 55.2 Å². The minimum atomic E-state index is -1.04. The summed E-state index contributed by atoms with van der Waals surface area (Å²) in [6, 6.07) is 10.4. The maximum absolute atomic E-state index is 12.7. The van der Waals surface area contributed by atoms with Crippen LogP contribution >= 0.6 is 0 Å². The molecule has 0 aliphatic heterocycles. The second-order valence-electron chi connectivity index (χ2n) is 7.39. The molecule has 2 atom stereocenters. The van der Waals surface area contributed by atoms with Crippen LogP contribution < -0.4 is 16.0 Å². The number of carbonyl (C=O) groups excluding carboxylic acids is 2. The maximum Gasteiger partial charge on any atom is 0.319 e. The number of carboxylic acid groups (broad SMARTS) is 1. The molecule has 29 heavy (non-hydrogen) atoms. The number of fused-ring (bicyclic) bond motifs is 1. The van der Waals surface area contributed by atoms with Gasteiger partial charge in [0, 0.05) is 22.9 Å². The largest absolute Gasteiger partial charge is 0.508 e. The number of benzene rings is 2. The van der Waals surface area contributed by atoms with Crippen LogP contribution in [0.15, 0.2) is 42.5 Å². The van der Waals surface area contributed by atoms with E-state index in [9.17, 15) is 24.6 Å². The maximum atomic E-state index is 12.7. The van der Waals surface area contributed by atoms with Crippen LogP contribution in [0.25, 0.3) is 0 Å². The zero-order valence-electron chi connectivity index (χ0n) is 15.5. The van der Waals surface area contributed by atoms with Crippen LogP contribution in [0.5, 0.6) is 5.75 Å². The first kappa shape index (κ1) is 18.8.